The van der Waals surface area contributed by atoms with E-state index in [1.165, 1.54) is 0 Å². The molecular formula is C26H31NO4. The molecule has 2 aliphatic rings. The highest BCUT2D eigenvalue weighted by Gasteiger charge is 2.61. The van der Waals surface area contributed by atoms with Gasteiger partial charge in [0.2, 0.25) is 5.91 Å². The summed E-state index contributed by atoms with van der Waals surface area (Å²) in [6.45, 7) is 6.25. The molecule has 2 aromatic carbocycles. The quantitative estimate of drug-likeness (QED) is 0.699. The smallest absolute Gasteiger partial charge is 0.227 e. The number of nitrogens with zero attached hydrogens (tertiary/aromatic N) is 1. The van der Waals surface area contributed by atoms with Gasteiger partial charge in [0.25, 0.3) is 0 Å². The van der Waals surface area contributed by atoms with Crippen molar-refractivity contribution in [3.05, 3.63) is 59.7 Å². The maximum Gasteiger partial charge on any atom is 0.227 e. The number of carbonyl (C=O) groups is 2. The largest absolute Gasteiger partial charge is 0.497 e. The summed E-state index contributed by atoms with van der Waals surface area (Å²) in [4.78, 5) is 28.5. The lowest BCUT2D eigenvalue weighted by Crippen LogP contribution is -2.46. The summed E-state index contributed by atoms with van der Waals surface area (Å²) in [6.07, 6.45) is 0.922. The van der Waals surface area contributed by atoms with Crippen LogP contribution in [-0.4, -0.2) is 30.8 Å². The van der Waals surface area contributed by atoms with E-state index < -0.39 is 5.54 Å². The summed E-state index contributed by atoms with van der Waals surface area (Å²) in [7, 11) is 3.29. The van der Waals surface area contributed by atoms with Crippen molar-refractivity contribution in [3.63, 3.8) is 0 Å². The summed E-state index contributed by atoms with van der Waals surface area (Å²) in [5.41, 5.74) is 1.50. The molecular weight excluding hydrogens is 390 g/mol. The third-order valence-electron chi connectivity index (χ3n) is 7.45. The average molecular weight is 422 g/mol. The molecule has 2 fully saturated rings. The van der Waals surface area contributed by atoms with Gasteiger partial charge in [-0.15, -0.1) is 0 Å². The fourth-order valence-corrected chi connectivity index (χ4v) is 5.78. The van der Waals surface area contributed by atoms with Gasteiger partial charge < -0.3 is 14.4 Å². The molecule has 1 heterocycles. The number of likely N-dealkylation sites (tertiary alicyclic amines) is 1. The Bertz CT molecular complexity index is 968. The summed E-state index contributed by atoms with van der Waals surface area (Å²) in [5.74, 6) is 1.80. The highest BCUT2D eigenvalue weighted by Crippen LogP contribution is 2.56. The van der Waals surface area contributed by atoms with Crippen molar-refractivity contribution in [3.8, 4) is 11.5 Å². The van der Waals surface area contributed by atoms with Crippen LogP contribution in [0.15, 0.2) is 48.5 Å². The lowest BCUT2D eigenvalue weighted by molar-refractivity contribution is -0.137. The molecule has 0 unspecified atom stereocenters. The molecule has 1 aliphatic heterocycles. The highest BCUT2D eigenvalue weighted by molar-refractivity contribution is 5.89. The third kappa shape index (κ3) is 3.40. The average Bonchev–Trinajstić information content (AvgIpc) is 3.01. The van der Waals surface area contributed by atoms with E-state index in [2.05, 4.69) is 13.8 Å². The fourth-order valence-electron chi connectivity index (χ4n) is 5.78. The van der Waals surface area contributed by atoms with Gasteiger partial charge >= 0.3 is 0 Å². The number of rotatable bonds is 5. The molecule has 5 heteroatoms. The van der Waals surface area contributed by atoms with Crippen LogP contribution in [0.1, 0.15) is 50.8 Å². The first-order valence-electron chi connectivity index (χ1n) is 10.9. The molecule has 0 radical (unpaired) electrons. The van der Waals surface area contributed by atoms with Crippen molar-refractivity contribution < 1.29 is 19.1 Å². The molecule has 0 spiro atoms. The Morgan fingerprint density at radius 2 is 1.48 bits per heavy atom. The molecule has 164 valence electrons. The van der Waals surface area contributed by atoms with Crippen LogP contribution in [0.2, 0.25) is 0 Å². The van der Waals surface area contributed by atoms with Crippen LogP contribution in [0, 0.1) is 17.8 Å². The predicted molar refractivity (Wildman–Crippen MR) is 119 cm³/mol. The predicted octanol–water partition coefficient (Wildman–Crippen LogP) is 4.75. The van der Waals surface area contributed by atoms with Crippen LogP contribution < -0.4 is 9.47 Å². The molecule has 1 amide bonds. The number of amides is 1. The van der Waals surface area contributed by atoms with Crippen LogP contribution in [-0.2, 0) is 15.1 Å². The van der Waals surface area contributed by atoms with Gasteiger partial charge in [0.05, 0.1) is 25.8 Å². The van der Waals surface area contributed by atoms with Crippen molar-refractivity contribution in [1.82, 2.24) is 4.90 Å². The number of hydrogen-bond acceptors (Lipinski definition) is 4. The normalized spacial score (nSPS) is 28.9. The van der Waals surface area contributed by atoms with E-state index in [0.29, 0.717) is 12.8 Å². The zero-order chi connectivity index (χ0) is 22.3. The van der Waals surface area contributed by atoms with Crippen molar-refractivity contribution in [1.29, 1.82) is 0 Å². The van der Waals surface area contributed by atoms with Crippen molar-refractivity contribution in [2.45, 2.75) is 45.2 Å². The second-order valence-corrected chi connectivity index (χ2v) is 9.09. The molecule has 2 aromatic rings. The molecule has 31 heavy (non-hydrogen) atoms. The molecule has 5 atom stereocenters. The second kappa shape index (κ2) is 8.03. The number of benzene rings is 2. The topological polar surface area (TPSA) is 55.8 Å². The van der Waals surface area contributed by atoms with Crippen molar-refractivity contribution in [2.75, 3.05) is 14.2 Å². The van der Waals surface area contributed by atoms with Gasteiger partial charge in [-0.25, -0.2) is 0 Å². The number of methoxy groups -OCH3 is 2. The number of ether oxygens (including phenoxy) is 2. The lowest BCUT2D eigenvalue weighted by atomic mass is 9.66. The van der Waals surface area contributed by atoms with Gasteiger partial charge in [-0.1, -0.05) is 31.2 Å². The highest BCUT2D eigenvalue weighted by atomic mass is 16.5. The van der Waals surface area contributed by atoms with Crippen molar-refractivity contribution >= 4 is 11.7 Å². The molecule has 1 saturated carbocycles. The van der Waals surface area contributed by atoms with E-state index >= 15 is 0 Å². The Morgan fingerprint density at radius 1 is 0.935 bits per heavy atom. The Labute approximate surface area is 184 Å². The maximum absolute atomic E-state index is 13.9. The molecule has 0 aromatic heterocycles. The van der Waals surface area contributed by atoms with Crippen LogP contribution in [0.4, 0.5) is 0 Å². The van der Waals surface area contributed by atoms with Crippen LogP contribution in [0.25, 0.3) is 0 Å². The summed E-state index contributed by atoms with van der Waals surface area (Å²) < 4.78 is 10.6. The Balaban J connectivity index is 1.82. The first-order valence-corrected chi connectivity index (χ1v) is 10.9. The SMILES string of the molecule is COc1ccc([C@@H](C)N2C(=O)[C@@H]3[C@@H](C)CC(=O)C[C@@H]3[C@@]2(C)c2ccc(OC)cc2)cc1. The minimum atomic E-state index is -0.586. The standard InChI is InChI=1S/C26H31NO4/c1-16-14-20(28)15-23-24(16)25(29)27(17(2)18-6-10-21(30-4)11-7-18)26(23,3)19-8-12-22(31-5)13-9-19/h6-13,16-17,23-24H,14-15H2,1-5H3/t16-,17+,23-,24+,26+/m0/s1. The fraction of sp³-hybridized carbons (Fsp3) is 0.462. The van der Waals surface area contributed by atoms with E-state index in [1.54, 1.807) is 14.2 Å². The minimum absolute atomic E-state index is 0.0457. The number of ketones is 1. The molecule has 4 rings (SSSR count). The molecule has 1 aliphatic carbocycles. The summed E-state index contributed by atoms with van der Waals surface area (Å²) in [5, 5.41) is 0. The molecule has 0 bridgehead atoms. The van der Waals surface area contributed by atoms with Gasteiger partial charge in [0.1, 0.15) is 17.3 Å². The van der Waals surface area contributed by atoms with Gasteiger partial charge in [-0.3, -0.25) is 9.59 Å². The van der Waals surface area contributed by atoms with E-state index in [9.17, 15) is 9.59 Å². The molecule has 1 saturated heterocycles. The number of Topliss-reactive ketones (excluding diaryl/α,β-unsaturated/α-hetero) is 1. The first-order chi connectivity index (χ1) is 14.8. The van der Waals surface area contributed by atoms with Gasteiger partial charge in [0, 0.05) is 24.7 Å². The van der Waals surface area contributed by atoms with E-state index in [-0.39, 0.29) is 35.5 Å². The molecule has 5 nitrogen and oxygen atoms in total. The third-order valence-corrected chi connectivity index (χ3v) is 7.45. The minimum Gasteiger partial charge on any atom is -0.497 e. The second-order valence-electron chi connectivity index (χ2n) is 9.09. The molecule has 0 N–H and O–H groups in total. The van der Waals surface area contributed by atoms with E-state index in [1.807, 2.05) is 60.4 Å². The Hall–Kier alpha value is -2.82. The van der Waals surface area contributed by atoms with E-state index in [0.717, 1.165) is 22.6 Å². The van der Waals surface area contributed by atoms with E-state index in [4.69, 9.17) is 9.47 Å². The zero-order valence-corrected chi connectivity index (χ0v) is 18.9. The Morgan fingerprint density at radius 3 is 2.03 bits per heavy atom. The maximum atomic E-state index is 13.9. The number of carbonyl (C=O) groups excluding carboxylic acids is 2. The zero-order valence-electron chi connectivity index (χ0n) is 18.9. The monoisotopic (exact) mass is 421 g/mol. The van der Waals surface area contributed by atoms with Crippen molar-refractivity contribution in [2.24, 2.45) is 17.8 Å². The van der Waals surface area contributed by atoms with Gasteiger partial charge in [-0.2, -0.15) is 0 Å². The number of fused-ring (bicyclic) bond motifs is 1. The lowest BCUT2D eigenvalue weighted by Gasteiger charge is -2.44. The van der Waals surface area contributed by atoms with Gasteiger partial charge in [0.15, 0.2) is 0 Å². The van der Waals surface area contributed by atoms with Crippen LogP contribution >= 0.6 is 0 Å². The first kappa shape index (κ1) is 21.4. The number of hydrogen-bond donors (Lipinski definition) is 0. The van der Waals surface area contributed by atoms with Gasteiger partial charge in [-0.05, 0) is 55.2 Å². The van der Waals surface area contributed by atoms with Crippen LogP contribution in [0.3, 0.4) is 0 Å². The summed E-state index contributed by atoms with van der Waals surface area (Å²) >= 11 is 0. The Kier molecular flexibility index (Phi) is 5.54. The summed E-state index contributed by atoms with van der Waals surface area (Å²) in [6, 6.07) is 15.7. The van der Waals surface area contributed by atoms with Crippen LogP contribution in [0.5, 0.6) is 11.5 Å².